The second kappa shape index (κ2) is 7.69. The summed E-state index contributed by atoms with van der Waals surface area (Å²) in [6, 6.07) is 0.329. The number of aromatic nitrogens is 2. The highest BCUT2D eigenvalue weighted by atomic mass is 32.1. The molecule has 146 valence electrons. The third-order valence-corrected chi connectivity index (χ3v) is 7.00. The Kier molecular flexibility index (Phi) is 5.29. The van der Waals surface area contributed by atoms with Crippen LogP contribution in [-0.4, -0.2) is 63.6 Å². The fourth-order valence-electron chi connectivity index (χ4n) is 4.36. The predicted octanol–water partition coefficient (Wildman–Crippen LogP) is 2.13. The molecule has 1 fully saturated rings. The summed E-state index contributed by atoms with van der Waals surface area (Å²) in [6.45, 7) is 2.66. The van der Waals surface area contributed by atoms with Crippen LogP contribution in [-0.2, 0) is 24.2 Å². The molecular formula is C19H27N5O2S. The average molecular weight is 390 g/mol. The summed E-state index contributed by atoms with van der Waals surface area (Å²) in [5, 5.41) is 10.0. The first-order chi connectivity index (χ1) is 13.0. The first-order valence-corrected chi connectivity index (χ1v) is 10.5. The summed E-state index contributed by atoms with van der Waals surface area (Å²) < 4.78 is 0. The summed E-state index contributed by atoms with van der Waals surface area (Å²) in [5.74, 6) is 0.664. The van der Waals surface area contributed by atoms with Crippen LogP contribution in [0.1, 0.15) is 41.9 Å². The number of hydrogen-bond acceptors (Lipinski definition) is 7. The molecule has 0 saturated carbocycles. The van der Waals surface area contributed by atoms with Gasteiger partial charge in [-0.1, -0.05) is 0 Å². The lowest BCUT2D eigenvalue weighted by Crippen LogP contribution is -2.44. The lowest BCUT2D eigenvalue weighted by molar-refractivity contribution is -0.138. The van der Waals surface area contributed by atoms with Crippen LogP contribution >= 0.6 is 11.3 Å². The van der Waals surface area contributed by atoms with Crippen LogP contribution in [0.3, 0.4) is 0 Å². The zero-order valence-corrected chi connectivity index (χ0v) is 16.6. The van der Waals surface area contributed by atoms with Crippen molar-refractivity contribution in [3.8, 4) is 0 Å². The summed E-state index contributed by atoms with van der Waals surface area (Å²) in [4.78, 5) is 27.1. The Morgan fingerprint density at radius 1 is 1.30 bits per heavy atom. The zero-order valence-electron chi connectivity index (χ0n) is 15.8. The maximum absolute atomic E-state index is 10.9. The number of anilines is 1. The molecule has 2 aliphatic rings. The molecule has 0 atom stereocenters. The van der Waals surface area contributed by atoms with Crippen LogP contribution in [0.4, 0.5) is 5.82 Å². The SMILES string of the molecule is CN(CC(=O)O)C1CCN(Cc2nc(N)c3c4c(sc3n2)CCCC4)CC1. The van der Waals surface area contributed by atoms with E-state index in [0.29, 0.717) is 18.4 Å². The number of carbonyl (C=O) groups is 1. The van der Waals surface area contributed by atoms with E-state index in [4.69, 9.17) is 15.8 Å². The number of aliphatic carboxylic acids is 1. The number of likely N-dealkylation sites (N-methyl/N-ethyl adjacent to an activating group) is 1. The Balaban J connectivity index is 1.43. The molecule has 7 nitrogen and oxygen atoms in total. The molecule has 0 bridgehead atoms. The van der Waals surface area contributed by atoms with Crippen LogP contribution in [0.15, 0.2) is 0 Å². The van der Waals surface area contributed by atoms with Crippen molar-refractivity contribution in [1.29, 1.82) is 0 Å². The number of rotatable bonds is 5. The van der Waals surface area contributed by atoms with Gasteiger partial charge in [-0.3, -0.25) is 14.6 Å². The molecule has 27 heavy (non-hydrogen) atoms. The van der Waals surface area contributed by atoms with E-state index >= 15 is 0 Å². The topological polar surface area (TPSA) is 95.6 Å². The van der Waals surface area contributed by atoms with Gasteiger partial charge in [0.2, 0.25) is 0 Å². The van der Waals surface area contributed by atoms with E-state index in [2.05, 4.69) is 9.88 Å². The number of carboxylic acids is 1. The second-order valence-corrected chi connectivity index (χ2v) is 8.82. The largest absolute Gasteiger partial charge is 0.480 e. The van der Waals surface area contributed by atoms with Crippen molar-refractivity contribution in [3.05, 3.63) is 16.3 Å². The van der Waals surface area contributed by atoms with Gasteiger partial charge in [0.15, 0.2) is 0 Å². The van der Waals surface area contributed by atoms with Gasteiger partial charge in [0, 0.05) is 24.0 Å². The Morgan fingerprint density at radius 2 is 2.04 bits per heavy atom. The molecular weight excluding hydrogens is 362 g/mol. The first-order valence-electron chi connectivity index (χ1n) is 9.72. The molecule has 0 radical (unpaired) electrons. The van der Waals surface area contributed by atoms with Crippen LogP contribution in [0.25, 0.3) is 10.2 Å². The third-order valence-electron chi connectivity index (χ3n) is 5.82. The quantitative estimate of drug-likeness (QED) is 0.809. The summed E-state index contributed by atoms with van der Waals surface area (Å²) in [5.41, 5.74) is 7.70. The van der Waals surface area contributed by atoms with E-state index in [1.807, 2.05) is 11.9 Å². The van der Waals surface area contributed by atoms with Crippen molar-refractivity contribution in [2.75, 3.05) is 32.4 Å². The predicted molar refractivity (Wildman–Crippen MR) is 107 cm³/mol. The number of carboxylic acid groups (broad SMARTS) is 1. The van der Waals surface area contributed by atoms with E-state index in [9.17, 15) is 4.79 Å². The normalized spacial score (nSPS) is 18.9. The average Bonchev–Trinajstić information content (AvgIpc) is 3.00. The molecule has 8 heteroatoms. The summed E-state index contributed by atoms with van der Waals surface area (Å²) in [7, 11) is 1.89. The first kappa shape index (κ1) is 18.6. The highest BCUT2D eigenvalue weighted by Crippen LogP contribution is 2.37. The minimum absolute atomic E-state index is 0.101. The Labute approximate surface area is 163 Å². The minimum Gasteiger partial charge on any atom is -0.480 e. The minimum atomic E-state index is -0.768. The van der Waals surface area contributed by atoms with Gasteiger partial charge >= 0.3 is 5.97 Å². The van der Waals surface area contributed by atoms with Crippen molar-refractivity contribution in [3.63, 3.8) is 0 Å². The standard InChI is InChI=1S/C19H27N5O2S/c1-23(11-16(25)26)12-6-8-24(9-7-12)10-15-21-18(20)17-13-4-2-3-5-14(13)27-19(17)22-15/h12H,2-11H2,1H3,(H,25,26)(H2,20,21,22). The van der Waals surface area contributed by atoms with Gasteiger partial charge < -0.3 is 10.8 Å². The highest BCUT2D eigenvalue weighted by Gasteiger charge is 2.25. The van der Waals surface area contributed by atoms with Gasteiger partial charge in [-0.15, -0.1) is 11.3 Å². The summed E-state index contributed by atoms with van der Waals surface area (Å²) in [6.07, 6.45) is 6.66. The number of fused-ring (bicyclic) bond motifs is 3. The number of nitrogens with zero attached hydrogens (tertiary/aromatic N) is 4. The maximum atomic E-state index is 10.9. The lowest BCUT2D eigenvalue weighted by Gasteiger charge is -2.35. The van der Waals surface area contributed by atoms with Crippen molar-refractivity contribution < 1.29 is 9.90 Å². The van der Waals surface area contributed by atoms with E-state index in [1.54, 1.807) is 11.3 Å². The van der Waals surface area contributed by atoms with E-state index in [-0.39, 0.29) is 6.54 Å². The monoisotopic (exact) mass is 389 g/mol. The van der Waals surface area contributed by atoms with Crippen molar-refractivity contribution in [1.82, 2.24) is 19.8 Å². The van der Waals surface area contributed by atoms with Crippen LogP contribution in [0.2, 0.25) is 0 Å². The number of aryl methyl sites for hydroxylation is 2. The molecule has 2 aromatic heterocycles. The summed E-state index contributed by atoms with van der Waals surface area (Å²) >= 11 is 1.79. The molecule has 0 unspecified atom stereocenters. The molecule has 0 aromatic carbocycles. The van der Waals surface area contributed by atoms with E-state index < -0.39 is 5.97 Å². The number of nitrogen functional groups attached to an aromatic ring is 1. The Hall–Kier alpha value is -1.77. The fourth-order valence-corrected chi connectivity index (χ4v) is 5.65. The van der Waals surface area contributed by atoms with Gasteiger partial charge in [-0.05, 0) is 51.1 Å². The molecule has 0 spiro atoms. The molecule has 1 aliphatic heterocycles. The number of nitrogens with two attached hydrogens (primary N) is 1. The van der Waals surface area contributed by atoms with Crippen molar-refractivity contribution in [2.24, 2.45) is 0 Å². The van der Waals surface area contributed by atoms with Gasteiger partial charge in [0.05, 0.1) is 18.5 Å². The lowest BCUT2D eigenvalue weighted by atomic mass is 9.97. The van der Waals surface area contributed by atoms with E-state index in [0.717, 1.165) is 54.8 Å². The fraction of sp³-hybridized carbons (Fsp3) is 0.632. The van der Waals surface area contributed by atoms with Crippen LogP contribution < -0.4 is 5.73 Å². The molecule has 3 N–H and O–H groups in total. The van der Waals surface area contributed by atoms with Gasteiger partial charge in [0.1, 0.15) is 16.5 Å². The molecule has 1 aliphatic carbocycles. The third kappa shape index (κ3) is 3.93. The Morgan fingerprint density at radius 3 is 2.78 bits per heavy atom. The highest BCUT2D eigenvalue weighted by molar-refractivity contribution is 7.19. The number of piperidine rings is 1. The van der Waals surface area contributed by atoms with Gasteiger partial charge in [0.25, 0.3) is 0 Å². The van der Waals surface area contributed by atoms with Crippen LogP contribution in [0.5, 0.6) is 0 Å². The maximum Gasteiger partial charge on any atom is 0.317 e. The molecule has 3 heterocycles. The molecule has 1 saturated heterocycles. The zero-order chi connectivity index (χ0) is 19.0. The van der Waals surface area contributed by atoms with Crippen LogP contribution in [0, 0.1) is 0 Å². The molecule has 4 rings (SSSR count). The van der Waals surface area contributed by atoms with Crippen molar-refractivity contribution in [2.45, 2.75) is 51.1 Å². The number of likely N-dealkylation sites (tertiary alicyclic amines) is 1. The smallest absolute Gasteiger partial charge is 0.317 e. The molecule has 2 aromatic rings. The van der Waals surface area contributed by atoms with E-state index in [1.165, 1.54) is 23.3 Å². The van der Waals surface area contributed by atoms with Crippen molar-refractivity contribution >= 4 is 33.3 Å². The number of thiophene rings is 1. The van der Waals surface area contributed by atoms with Gasteiger partial charge in [-0.25, -0.2) is 9.97 Å². The number of hydrogen-bond donors (Lipinski definition) is 2. The second-order valence-electron chi connectivity index (χ2n) is 7.73. The Bertz CT molecular complexity index is 844. The molecule has 0 amide bonds. The van der Waals surface area contributed by atoms with Gasteiger partial charge in [-0.2, -0.15) is 0 Å².